The van der Waals surface area contributed by atoms with Crippen LogP contribution in [0.5, 0.6) is 0 Å². The number of benzene rings is 1. The smallest absolute Gasteiger partial charge is 0.410 e. The lowest BCUT2D eigenvalue weighted by Crippen LogP contribution is -2.36. The second-order valence-corrected chi connectivity index (χ2v) is 7.91. The van der Waals surface area contributed by atoms with Gasteiger partial charge in [0.05, 0.1) is 12.6 Å². The molecule has 0 aliphatic heterocycles. The number of hydrogen-bond donors (Lipinski definition) is 1. The van der Waals surface area contributed by atoms with Crippen LogP contribution in [0.2, 0.25) is 0 Å². The second-order valence-electron chi connectivity index (χ2n) is 7.91. The predicted molar refractivity (Wildman–Crippen MR) is 120 cm³/mol. The number of nitrogens with zero attached hydrogens (tertiary/aromatic N) is 2. The summed E-state index contributed by atoms with van der Waals surface area (Å²) in [6, 6.07) is 7.70. The number of amides is 1. The van der Waals surface area contributed by atoms with E-state index in [1.165, 1.54) is 6.20 Å². The van der Waals surface area contributed by atoms with Gasteiger partial charge in [0, 0.05) is 25.0 Å². The third-order valence-corrected chi connectivity index (χ3v) is 4.28. The second kappa shape index (κ2) is 12.0. The van der Waals surface area contributed by atoms with Crippen molar-refractivity contribution in [1.82, 2.24) is 4.90 Å². The van der Waals surface area contributed by atoms with Crippen molar-refractivity contribution in [2.24, 2.45) is 10.7 Å². The van der Waals surface area contributed by atoms with Gasteiger partial charge in [-0.2, -0.15) is 0 Å². The fraction of sp³-hybridized carbons (Fsp3) is 0.522. The molecule has 166 valence electrons. The lowest BCUT2D eigenvalue weighted by atomic mass is 9.98. The Morgan fingerprint density at radius 3 is 2.33 bits per heavy atom. The van der Waals surface area contributed by atoms with Crippen LogP contribution in [0.25, 0.3) is 5.57 Å². The van der Waals surface area contributed by atoms with Gasteiger partial charge in [-0.25, -0.2) is 4.79 Å². The molecule has 0 spiro atoms. The van der Waals surface area contributed by atoms with Crippen molar-refractivity contribution in [2.45, 2.75) is 59.1 Å². The summed E-state index contributed by atoms with van der Waals surface area (Å²) in [6.45, 7) is 9.67. The molecule has 1 aromatic carbocycles. The SMILES string of the molecule is CCCC(c1ccc(C(C=NCC(=O)OCC)=CN)cc1)N(C)C(=O)OC(C)(C)C. The summed E-state index contributed by atoms with van der Waals surface area (Å²) in [7, 11) is 1.76. The number of rotatable bonds is 9. The first-order valence-electron chi connectivity index (χ1n) is 10.3. The van der Waals surface area contributed by atoms with E-state index in [-0.39, 0.29) is 24.6 Å². The minimum Gasteiger partial charge on any atom is -0.465 e. The Morgan fingerprint density at radius 2 is 1.83 bits per heavy atom. The predicted octanol–water partition coefficient (Wildman–Crippen LogP) is 4.33. The molecule has 0 fully saturated rings. The Bertz CT molecular complexity index is 749. The molecule has 0 saturated heterocycles. The van der Waals surface area contributed by atoms with Gasteiger partial charge in [-0.1, -0.05) is 37.6 Å². The van der Waals surface area contributed by atoms with Crippen molar-refractivity contribution >= 4 is 23.9 Å². The summed E-state index contributed by atoms with van der Waals surface area (Å²) >= 11 is 0. The van der Waals surface area contributed by atoms with Crippen LogP contribution < -0.4 is 5.73 Å². The van der Waals surface area contributed by atoms with Crippen molar-refractivity contribution in [3.8, 4) is 0 Å². The summed E-state index contributed by atoms with van der Waals surface area (Å²) < 4.78 is 10.4. The van der Waals surface area contributed by atoms with Gasteiger partial charge in [0.2, 0.25) is 0 Å². The van der Waals surface area contributed by atoms with Gasteiger partial charge in [0.1, 0.15) is 12.1 Å². The van der Waals surface area contributed by atoms with Gasteiger partial charge in [-0.15, -0.1) is 0 Å². The van der Waals surface area contributed by atoms with Gasteiger partial charge in [-0.3, -0.25) is 9.79 Å². The van der Waals surface area contributed by atoms with E-state index >= 15 is 0 Å². The molecular formula is C23H35N3O4. The molecule has 0 bridgehead atoms. The third-order valence-electron chi connectivity index (χ3n) is 4.28. The van der Waals surface area contributed by atoms with Crippen molar-refractivity contribution < 1.29 is 19.1 Å². The lowest BCUT2D eigenvalue weighted by Gasteiger charge is -2.31. The number of hydrogen-bond acceptors (Lipinski definition) is 6. The largest absolute Gasteiger partial charge is 0.465 e. The maximum atomic E-state index is 12.5. The third kappa shape index (κ3) is 8.27. The number of aliphatic imine (C=N–C) groups is 1. The Morgan fingerprint density at radius 1 is 1.20 bits per heavy atom. The molecule has 1 aromatic rings. The number of esters is 1. The molecule has 0 aliphatic carbocycles. The van der Waals surface area contributed by atoms with Gasteiger partial charge in [0.25, 0.3) is 0 Å². The Balaban J connectivity index is 2.96. The maximum absolute atomic E-state index is 12.5. The number of allylic oxidation sites excluding steroid dienone is 1. The topological polar surface area (TPSA) is 94.2 Å². The van der Waals surface area contributed by atoms with E-state index in [9.17, 15) is 9.59 Å². The molecule has 0 aromatic heterocycles. The fourth-order valence-corrected chi connectivity index (χ4v) is 2.86. The zero-order valence-electron chi connectivity index (χ0n) is 19.0. The number of ether oxygens (including phenoxy) is 2. The lowest BCUT2D eigenvalue weighted by molar-refractivity contribution is -0.141. The molecule has 7 nitrogen and oxygen atoms in total. The highest BCUT2D eigenvalue weighted by Gasteiger charge is 2.26. The highest BCUT2D eigenvalue weighted by Crippen LogP contribution is 2.27. The van der Waals surface area contributed by atoms with E-state index in [1.807, 2.05) is 45.0 Å². The minimum atomic E-state index is -0.546. The van der Waals surface area contributed by atoms with Gasteiger partial charge in [0.15, 0.2) is 0 Å². The molecule has 0 saturated carbocycles. The molecule has 1 atom stereocenters. The van der Waals surface area contributed by atoms with Gasteiger partial charge >= 0.3 is 12.1 Å². The van der Waals surface area contributed by atoms with E-state index in [0.29, 0.717) is 12.2 Å². The van der Waals surface area contributed by atoms with E-state index in [2.05, 4.69) is 11.9 Å². The molecule has 0 radical (unpaired) electrons. The van der Waals surface area contributed by atoms with Crippen LogP contribution >= 0.6 is 0 Å². The quantitative estimate of drug-likeness (QED) is 0.477. The fourth-order valence-electron chi connectivity index (χ4n) is 2.86. The molecule has 30 heavy (non-hydrogen) atoms. The van der Waals surface area contributed by atoms with Crippen LogP contribution in [0.3, 0.4) is 0 Å². The molecular weight excluding hydrogens is 382 g/mol. The number of carbonyl (C=O) groups excluding carboxylic acids is 2. The van der Waals surface area contributed by atoms with Gasteiger partial charge < -0.3 is 20.1 Å². The van der Waals surface area contributed by atoms with Crippen LogP contribution in [0.15, 0.2) is 35.5 Å². The Labute approximate surface area is 179 Å². The average molecular weight is 418 g/mol. The van der Waals surface area contributed by atoms with Crippen LogP contribution in [0.1, 0.15) is 64.6 Å². The summed E-state index contributed by atoms with van der Waals surface area (Å²) in [5, 5.41) is 0. The highest BCUT2D eigenvalue weighted by atomic mass is 16.6. The zero-order valence-corrected chi connectivity index (χ0v) is 19.0. The molecule has 0 aliphatic rings. The average Bonchev–Trinajstić information content (AvgIpc) is 2.68. The first kappa shape index (κ1) is 25.2. The normalized spacial score (nSPS) is 13.2. The molecule has 1 rings (SSSR count). The van der Waals surface area contributed by atoms with E-state index in [1.54, 1.807) is 25.1 Å². The van der Waals surface area contributed by atoms with E-state index < -0.39 is 5.60 Å². The molecule has 1 amide bonds. The van der Waals surface area contributed by atoms with Crippen LogP contribution in [0, 0.1) is 0 Å². The summed E-state index contributed by atoms with van der Waals surface area (Å²) in [4.78, 5) is 29.7. The minimum absolute atomic E-state index is 0.0531. The van der Waals surface area contributed by atoms with Crippen molar-refractivity contribution in [3.63, 3.8) is 0 Å². The standard InChI is InChI=1S/C23H35N3O4/c1-7-9-20(26(6)22(28)30-23(3,4)5)18-12-10-17(11-13-18)19(14-24)15-25-16-21(27)29-8-2/h10-15,20H,7-9,16,24H2,1-6H3. The molecule has 1 unspecified atom stereocenters. The van der Waals surface area contributed by atoms with E-state index in [0.717, 1.165) is 24.0 Å². The first-order chi connectivity index (χ1) is 14.1. The van der Waals surface area contributed by atoms with Crippen LogP contribution in [0.4, 0.5) is 4.79 Å². The Hall–Kier alpha value is -2.83. The monoisotopic (exact) mass is 417 g/mol. The van der Waals surface area contributed by atoms with Gasteiger partial charge in [-0.05, 0) is 45.2 Å². The van der Waals surface area contributed by atoms with Crippen molar-refractivity contribution in [1.29, 1.82) is 0 Å². The first-order valence-corrected chi connectivity index (χ1v) is 10.3. The molecule has 7 heteroatoms. The summed E-state index contributed by atoms with van der Waals surface area (Å²) in [5.41, 5.74) is 7.75. The van der Waals surface area contributed by atoms with Crippen molar-refractivity contribution in [2.75, 3.05) is 20.2 Å². The van der Waals surface area contributed by atoms with E-state index in [4.69, 9.17) is 15.2 Å². The number of carbonyl (C=O) groups is 2. The highest BCUT2D eigenvalue weighted by molar-refractivity contribution is 6.09. The van der Waals surface area contributed by atoms with Crippen LogP contribution in [-0.4, -0.2) is 49.0 Å². The zero-order chi connectivity index (χ0) is 22.7. The number of nitrogens with two attached hydrogens (primary N) is 1. The summed E-state index contributed by atoms with van der Waals surface area (Å²) in [5.74, 6) is -0.381. The molecule has 2 N–H and O–H groups in total. The summed E-state index contributed by atoms with van der Waals surface area (Å²) in [6.07, 6.45) is 4.39. The molecule has 0 heterocycles. The van der Waals surface area contributed by atoms with Crippen LogP contribution in [-0.2, 0) is 14.3 Å². The Kier molecular flexibility index (Phi) is 10.1. The van der Waals surface area contributed by atoms with Crippen molar-refractivity contribution in [3.05, 3.63) is 41.6 Å². The maximum Gasteiger partial charge on any atom is 0.410 e.